The van der Waals surface area contributed by atoms with Crippen LogP contribution in [0, 0.1) is 0 Å². The molecule has 2 amide bonds. The van der Waals surface area contributed by atoms with E-state index in [1.807, 2.05) is 35.2 Å². The monoisotopic (exact) mass is 728 g/mol. The summed E-state index contributed by atoms with van der Waals surface area (Å²) in [5, 5.41) is 3.48. The van der Waals surface area contributed by atoms with E-state index >= 15 is 0 Å². The van der Waals surface area contributed by atoms with Gasteiger partial charge >= 0.3 is 0 Å². The number of likely N-dealkylation sites (tertiary alicyclic amines) is 1. The van der Waals surface area contributed by atoms with Crippen molar-refractivity contribution in [3.05, 3.63) is 82.6 Å². The molecule has 262 valence electrons. The van der Waals surface area contributed by atoms with Crippen LogP contribution in [0.4, 0.5) is 11.4 Å². The average Bonchev–Trinajstić information content (AvgIpc) is 3.12. The fourth-order valence-electron chi connectivity index (χ4n) is 7.23. The number of ether oxygens (including phenoxy) is 1. The molecule has 0 spiro atoms. The molecule has 1 unspecified atom stereocenters. The fraction of sp³-hybridized carbons (Fsp3) is 0.457. The van der Waals surface area contributed by atoms with E-state index in [0.717, 1.165) is 50.3 Å². The zero-order valence-electron chi connectivity index (χ0n) is 27.6. The van der Waals surface area contributed by atoms with E-state index in [-0.39, 0.29) is 45.5 Å². The second kappa shape index (κ2) is 15.2. The third kappa shape index (κ3) is 7.83. The lowest BCUT2D eigenvalue weighted by Gasteiger charge is -2.51. The number of nitrogens with one attached hydrogen (secondary N) is 1. The smallest absolute Gasteiger partial charge is 0.264 e. The zero-order valence-corrected chi connectivity index (χ0v) is 29.9. The molecule has 0 aliphatic carbocycles. The van der Waals surface area contributed by atoms with Crippen molar-refractivity contribution < 1.29 is 22.7 Å². The Morgan fingerprint density at radius 1 is 0.959 bits per heavy atom. The Balaban J connectivity index is 1.08. The average molecular weight is 730 g/mol. The first-order valence-corrected chi connectivity index (χ1v) is 18.8. The van der Waals surface area contributed by atoms with E-state index in [9.17, 15) is 18.0 Å². The predicted molar refractivity (Wildman–Crippen MR) is 191 cm³/mol. The van der Waals surface area contributed by atoms with Gasteiger partial charge in [-0.15, -0.1) is 0 Å². The van der Waals surface area contributed by atoms with Gasteiger partial charge in [-0.05, 0) is 67.6 Å². The number of pyridine rings is 1. The van der Waals surface area contributed by atoms with Gasteiger partial charge in [0.2, 0.25) is 11.8 Å². The van der Waals surface area contributed by atoms with E-state index in [1.165, 1.54) is 29.4 Å². The van der Waals surface area contributed by atoms with Gasteiger partial charge < -0.3 is 19.9 Å². The first-order chi connectivity index (χ1) is 23.6. The summed E-state index contributed by atoms with van der Waals surface area (Å²) in [5.41, 5.74) is 2.42. The zero-order chi connectivity index (χ0) is 34.6. The van der Waals surface area contributed by atoms with Gasteiger partial charge in [0.25, 0.3) is 10.0 Å². The lowest BCUT2D eigenvalue weighted by molar-refractivity contribution is -0.139. The lowest BCUT2D eigenvalue weighted by Crippen LogP contribution is -2.65. The van der Waals surface area contributed by atoms with Gasteiger partial charge in [-0.25, -0.2) is 8.42 Å². The maximum Gasteiger partial charge on any atom is 0.264 e. The van der Waals surface area contributed by atoms with Crippen LogP contribution in [0.25, 0.3) is 0 Å². The van der Waals surface area contributed by atoms with Gasteiger partial charge in [0.1, 0.15) is 6.61 Å². The van der Waals surface area contributed by atoms with Gasteiger partial charge in [-0.3, -0.25) is 23.8 Å². The Hall–Kier alpha value is -3.42. The van der Waals surface area contributed by atoms with Crippen molar-refractivity contribution in [3.8, 4) is 0 Å². The number of carbonyl (C=O) groups excluding carboxylic acids is 2. The van der Waals surface area contributed by atoms with E-state index in [1.54, 1.807) is 18.5 Å². The van der Waals surface area contributed by atoms with Crippen molar-refractivity contribution in [1.29, 1.82) is 0 Å². The molecule has 1 atom stereocenters. The summed E-state index contributed by atoms with van der Waals surface area (Å²) in [4.78, 5) is 36.2. The number of halogens is 2. The summed E-state index contributed by atoms with van der Waals surface area (Å²) >= 11 is 12.3. The molecule has 0 bridgehead atoms. The van der Waals surface area contributed by atoms with Gasteiger partial charge in [-0.1, -0.05) is 41.4 Å². The molecule has 3 aliphatic rings. The summed E-state index contributed by atoms with van der Waals surface area (Å²) in [6.45, 7) is 6.50. The topological polar surface area (TPSA) is 115 Å². The van der Waals surface area contributed by atoms with E-state index in [4.69, 9.17) is 27.9 Å². The standard InChI is InChI=1S/C35H42Cl2N6O5S/c1-26(44)39-25-35(42-20-18-40(19-21-42)28-10-14-38-15-11-28)12-16-41(17-13-35)34(45)24-48-23-29-7-6-27-4-2-3-5-33(27)43(29)49(46,47)30-8-9-31(36)32(37)22-30/h2-5,8-11,14-15,22,29H,6-7,12-13,16-21,23-25H2,1H3,(H,39,44). The highest BCUT2D eigenvalue weighted by molar-refractivity contribution is 7.92. The van der Waals surface area contributed by atoms with Crippen molar-refractivity contribution in [2.45, 2.75) is 49.1 Å². The highest BCUT2D eigenvalue weighted by Gasteiger charge is 2.42. The van der Waals surface area contributed by atoms with Crippen molar-refractivity contribution in [3.63, 3.8) is 0 Å². The van der Waals surface area contributed by atoms with Crippen molar-refractivity contribution >= 4 is 56.4 Å². The molecular formula is C35H42Cl2N6O5S. The number of hydrogen-bond acceptors (Lipinski definition) is 8. The Morgan fingerprint density at radius 2 is 1.67 bits per heavy atom. The maximum absolute atomic E-state index is 14.0. The number of piperazine rings is 1. The van der Waals surface area contributed by atoms with Crippen molar-refractivity contribution in [2.75, 3.05) is 68.2 Å². The number of fused-ring (bicyclic) bond motifs is 1. The SMILES string of the molecule is CC(=O)NCC1(N2CCN(c3ccncc3)CC2)CCN(C(=O)COCC2CCc3ccccc3N2S(=O)(=O)c2ccc(Cl)c(Cl)c2)CC1. The van der Waals surface area contributed by atoms with Crippen LogP contribution in [-0.4, -0.2) is 106 Å². The minimum atomic E-state index is -4.02. The number of aryl methyl sites for hydroxylation is 1. The number of rotatable bonds is 10. The summed E-state index contributed by atoms with van der Waals surface area (Å²) in [5.74, 6) is -0.201. The number of nitrogens with zero attached hydrogens (tertiary/aromatic N) is 5. The van der Waals surface area contributed by atoms with Crippen LogP contribution in [0.5, 0.6) is 0 Å². The molecule has 0 saturated carbocycles. The number of para-hydroxylation sites is 1. The number of sulfonamides is 1. The molecule has 2 saturated heterocycles. The van der Waals surface area contributed by atoms with Crippen LogP contribution in [0.2, 0.25) is 10.0 Å². The van der Waals surface area contributed by atoms with Crippen LogP contribution in [0.15, 0.2) is 71.9 Å². The van der Waals surface area contributed by atoms with Crippen LogP contribution in [-0.2, 0) is 30.8 Å². The van der Waals surface area contributed by atoms with Gasteiger partial charge in [0.05, 0.1) is 33.3 Å². The highest BCUT2D eigenvalue weighted by Crippen LogP contribution is 2.37. The summed E-state index contributed by atoms with van der Waals surface area (Å²) < 4.78 is 35.4. The third-order valence-corrected chi connectivity index (χ3v) is 12.6. The van der Waals surface area contributed by atoms with Crippen LogP contribution < -0.4 is 14.5 Å². The summed E-state index contributed by atoms with van der Waals surface area (Å²) in [7, 11) is -4.02. The maximum atomic E-state index is 14.0. The fourth-order valence-corrected chi connectivity index (χ4v) is 9.33. The molecule has 3 aliphatic heterocycles. The molecule has 2 fully saturated rings. The lowest BCUT2D eigenvalue weighted by atomic mass is 9.84. The van der Waals surface area contributed by atoms with Gasteiger partial charge in [-0.2, -0.15) is 0 Å². The van der Waals surface area contributed by atoms with Gasteiger partial charge in [0.15, 0.2) is 0 Å². The van der Waals surface area contributed by atoms with Crippen LogP contribution >= 0.6 is 23.2 Å². The predicted octanol–water partition coefficient (Wildman–Crippen LogP) is 4.23. The van der Waals surface area contributed by atoms with Gasteiger partial charge in [0, 0.05) is 76.4 Å². The third-order valence-electron chi connectivity index (χ3n) is 9.98. The normalized spacial score (nSPS) is 19.7. The second-order valence-corrected chi connectivity index (χ2v) is 15.5. The molecule has 0 radical (unpaired) electrons. The van der Waals surface area contributed by atoms with Crippen LogP contribution in [0.1, 0.15) is 31.7 Å². The Morgan fingerprint density at radius 3 is 2.37 bits per heavy atom. The van der Waals surface area contributed by atoms with E-state index in [2.05, 4.69) is 20.1 Å². The number of hydrogen-bond donors (Lipinski definition) is 1. The largest absolute Gasteiger partial charge is 0.369 e. The molecular weight excluding hydrogens is 687 g/mol. The molecule has 2 aromatic carbocycles. The molecule has 6 rings (SSSR count). The molecule has 49 heavy (non-hydrogen) atoms. The Labute approximate surface area is 298 Å². The molecule has 4 heterocycles. The summed E-state index contributed by atoms with van der Waals surface area (Å²) in [6.07, 6.45) is 6.29. The minimum Gasteiger partial charge on any atom is -0.369 e. The highest BCUT2D eigenvalue weighted by atomic mass is 35.5. The van der Waals surface area contributed by atoms with Crippen LogP contribution in [0.3, 0.4) is 0 Å². The summed E-state index contributed by atoms with van der Waals surface area (Å²) in [6, 6.07) is 15.2. The molecule has 11 nitrogen and oxygen atoms in total. The minimum absolute atomic E-state index is 0.0366. The number of piperidine rings is 1. The molecule has 1 N–H and O–H groups in total. The Kier molecular flexibility index (Phi) is 11.0. The van der Waals surface area contributed by atoms with E-state index < -0.39 is 16.1 Å². The first-order valence-electron chi connectivity index (χ1n) is 16.6. The molecule has 14 heteroatoms. The Bertz CT molecular complexity index is 1750. The molecule has 3 aromatic rings. The molecule has 1 aromatic heterocycles. The number of aromatic nitrogens is 1. The second-order valence-electron chi connectivity index (χ2n) is 12.9. The number of amides is 2. The van der Waals surface area contributed by atoms with Crippen molar-refractivity contribution in [1.82, 2.24) is 20.1 Å². The van der Waals surface area contributed by atoms with Crippen molar-refractivity contribution in [2.24, 2.45) is 0 Å². The number of benzene rings is 2. The van der Waals surface area contributed by atoms with E-state index in [0.29, 0.717) is 38.2 Å². The number of carbonyl (C=O) groups is 2. The number of anilines is 2. The quantitative estimate of drug-likeness (QED) is 0.330. The first kappa shape index (κ1) is 35.4.